The molecule has 7 atom stereocenters. The molecule has 1 aromatic heterocycles. The topological polar surface area (TPSA) is 139 Å². The van der Waals surface area contributed by atoms with Gasteiger partial charge in [0.25, 0.3) is 5.91 Å². The highest BCUT2D eigenvalue weighted by Gasteiger charge is 2.52. The Morgan fingerprint density at radius 3 is 2.47 bits per heavy atom. The van der Waals surface area contributed by atoms with E-state index in [1.807, 2.05) is 6.07 Å². The van der Waals surface area contributed by atoms with E-state index < -0.39 is 66.8 Å². The van der Waals surface area contributed by atoms with Crippen LogP contribution in [0, 0.1) is 11.6 Å². The molecule has 1 saturated carbocycles. The van der Waals surface area contributed by atoms with Crippen LogP contribution in [-0.4, -0.2) is 93.6 Å². The van der Waals surface area contributed by atoms with Crippen molar-refractivity contribution in [1.29, 1.82) is 0 Å². The molecule has 3 aromatic rings. The minimum absolute atomic E-state index is 0.129. The number of aliphatic hydroxyl groups is 3. The number of anilines is 1. The number of benzene rings is 2. The summed E-state index contributed by atoms with van der Waals surface area (Å²) in [4.78, 5) is 15.9. The number of nitrogens with zero attached hydrogens (tertiary/aromatic N) is 4. The van der Waals surface area contributed by atoms with E-state index >= 15 is 0 Å². The molecule has 0 spiro atoms. The van der Waals surface area contributed by atoms with E-state index in [0.29, 0.717) is 33.9 Å². The average molecular weight is 732 g/mol. The Morgan fingerprint density at radius 1 is 1.14 bits per heavy atom. The van der Waals surface area contributed by atoms with Crippen molar-refractivity contribution >= 4 is 43.5 Å². The van der Waals surface area contributed by atoms with Crippen LogP contribution in [0.25, 0.3) is 11.3 Å². The highest BCUT2D eigenvalue weighted by atomic mass is 79.9. The standard InChI is InChI=1S/C28H30Br2F2N4O7/c1-41-21-7-13(6-17(31)23(21)32)18-11-35(34-33-18)24-25(39)22(12-37)43-27(26(24)42-2)28(40)36(19-4-3-5-20(19)38)16-9-14(29)8-15(30)10-16/h6-11,19-20,22,24-27,37-39H,3-5,12H2,1-2H3/t19-,20-,22?,24?,25?,26?,27?/m0/s1. The van der Waals surface area contributed by atoms with Crippen LogP contribution in [0.1, 0.15) is 25.3 Å². The Bertz CT molecular complexity index is 1460. The van der Waals surface area contributed by atoms with Gasteiger partial charge in [-0.15, -0.1) is 5.10 Å². The lowest BCUT2D eigenvalue weighted by atomic mass is 9.91. The summed E-state index contributed by atoms with van der Waals surface area (Å²) in [5.41, 5.74) is 0.781. The van der Waals surface area contributed by atoms with Gasteiger partial charge in [-0.1, -0.05) is 37.1 Å². The maximum Gasteiger partial charge on any atom is 0.259 e. The summed E-state index contributed by atoms with van der Waals surface area (Å²) in [6.45, 7) is -0.631. The van der Waals surface area contributed by atoms with Crippen molar-refractivity contribution in [3.63, 3.8) is 0 Å². The number of ether oxygens (including phenoxy) is 3. The molecule has 1 aliphatic heterocycles. The molecule has 1 aliphatic carbocycles. The van der Waals surface area contributed by atoms with E-state index in [4.69, 9.17) is 14.2 Å². The highest BCUT2D eigenvalue weighted by Crippen LogP contribution is 2.38. The molecule has 5 rings (SSSR count). The molecule has 2 heterocycles. The summed E-state index contributed by atoms with van der Waals surface area (Å²) in [5.74, 6) is -3.18. The lowest BCUT2D eigenvalue weighted by Gasteiger charge is -2.45. The normalized spacial score (nSPS) is 27.3. The second-order valence-corrected chi connectivity index (χ2v) is 12.3. The molecule has 0 radical (unpaired) electrons. The predicted octanol–water partition coefficient (Wildman–Crippen LogP) is 3.38. The van der Waals surface area contributed by atoms with Gasteiger partial charge in [0, 0.05) is 27.3 Å². The first-order chi connectivity index (χ1) is 20.6. The smallest absolute Gasteiger partial charge is 0.259 e. The predicted molar refractivity (Wildman–Crippen MR) is 156 cm³/mol. The van der Waals surface area contributed by atoms with Gasteiger partial charge >= 0.3 is 0 Å². The fraction of sp³-hybridized carbons (Fsp3) is 0.464. The van der Waals surface area contributed by atoms with Crippen LogP contribution >= 0.6 is 31.9 Å². The van der Waals surface area contributed by atoms with E-state index in [9.17, 15) is 28.9 Å². The van der Waals surface area contributed by atoms with Crippen LogP contribution in [0.5, 0.6) is 5.75 Å². The molecule has 43 heavy (non-hydrogen) atoms. The van der Waals surface area contributed by atoms with Gasteiger partial charge in [-0.25, -0.2) is 9.07 Å². The summed E-state index contributed by atoms with van der Waals surface area (Å²) in [5, 5.41) is 40.4. The maximum atomic E-state index is 14.4. The zero-order valence-electron chi connectivity index (χ0n) is 23.1. The zero-order valence-corrected chi connectivity index (χ0v) is 26.3. The molecular weight excluding hydrogens is 702 g/mol. The largest absolute Gasteiger partial charge is 0.494 e. The molecular formula is C28H30Br2F2N4O7. The first kappa shape index (κ1) is 31.9. The van der Waals surface area contributed by atoms with Crippen molar-refractivity contribution in [2.24, 2.45) is 0 Å². The Kier molecular flexibility index (Phi) is 9.80. The van der Waals surface area contributed by atoms with Crippen LogP contribution in [-0.2, 0) is 14.3 Å². The molecule has 1 amide bonds. The second kappa shape index (κ2) is 13.2. The number of carbonyl (C=O) groups excluding carboxylic acids is 1. The monoisotopic (exact) mass is 730 g/mol. The summed E-state index contributed by atoms with van der Waals surface area (Å²) in [6.07, 6.45) is -2.75. The molecule has 2 fully saturated rings. The van der Waals surface area contributed by atoms with Crippen molar-refractivity contribution < 1.29 is 43.1 Å². The van der Waals surface area contributed by atoms with E-state index in [2.05, 4.69) is 42.2 Å². The lowest BCUT2D eigenvalue weighted by Crippen LogP contribution is -2.62. The molecule has 3 N–H and O–H groups in total. The SMILES string of the molecule is COc1cc(-c2cn(C3C(O)C(CO)OC(C(=O)N(c4cc(Br)cc(Br)c4)[C@H]4CCC[C@@H]4O)C3OC)nn2)cc(F)c1F. The maximum absolute atomic E-state index is 14.4. The minimum atomic E-state index is -1.40. The molecule has 232 valence electrons. The third-order valence-corrected chi connectivity index (χ3v) is 8.76. The lowest BCUT2D eigenvalue weighted by molar-refractivity contribution is -0.211. The quantitative estimate of drug-likeness (QED) is 0.318. The Labute approximate surface area is 262 Å². The van der Waals surface area contributed by atoms with Gasteiger partial charge < -0.3 is 34.4 Å². The number of methoxy groups -OCH3 is 2. The molecule has 5 unspecified atom stereocenters. The molecule has 2 aromatic carbocycles. The van der Waals surface area contributed by atoms with E-state index in [-0.39, 0.29) is 17.0 Å². The fourth-order valence-electron chi connectivity index (χ4n) is 5.79. The van der Waals surface area contributed by atoms with Crippen LogP contribution in [0.15, 0.2) is 45.5 Å². The van der Waals surface area contributed by atoms with Gasteiger partial charge in [0.05, 0.1) is 32.1 Å². The zero-order chi connectivity index (χ0) is 31.0. The fourth-order valence-corrected chi connectivity index (χ4v) is 7.06. The average Bonchev–Trinajstić information content (AvgIpc) is 3.63. The summed E-state index contributed by atoms with van der Waals surface area (Å²) in [6, 6.07) is 5.83. The summed E-state index contributed by atoms with van der Waals surface area (Å²) >= 11 is 6.92. The summed E-state index contributed by atoms with van der Waals surface area (Å²) in [7, 11) is 2.54. The van der Waals surface area contributed by atoms with Crippen molar-refractivity contribution in [3.8, 4) is 17.0 Å². The number of carbonyl (C=O) groups is 1. The van der Waals surface area contributed by atoms with E-state index in [0.717, 1.165) is 6.07 Å². The number of rotatable bonds is 8. The van der Waals surface area contributed by atoms with Crippen LogP contribution < -0.4 is 9.64 Å². The van der Waals surface area contributed by atoms with Crippen LogP contribution in [0.4, 0.5) is 14.5 Å². The van der Waals surface area contributed by atoms with Crippen molar-refractivity contribution in [2.75, 3.05) is 25.7 Å². The first-order valence-corrected chi connectivity index (χ1v) is 15.1. The van der Waals surface area contributed by atoms with Crippen LogP contribution in [0.2, 0.25) is 0 Å². The van der Waals surface area contributed by atoms with Crippen LogP contribution in [0.3, 0.4) is 0 Å². The van der Waals surface area contributed by atoms with Gasteiger partial charge in [-0.3, -0.25) is 4.79 Å². The van der Waals surface area contributed by atoms with Crippen molar-refractivity contribution in [1.82, 2.24) is 15.0 Å². The van der Waals surface area contributed by atoms with Gasteiger partial charge in [0.1, 0.15) is 30.0 Å². The van der Waals surface area contributed by atoms with Gasteiger partial charge in [-0.05, 0) is 49.6 Å². The van der Waals surface area contributed by atoms with Gasteiger partial charge in [0.2, 0.25) is 5.82 Å². The molecule has 1 saturated heterocycles. The minimum Gasteiger partial charge on any atom is -0.494 e. The third-order valence-electron chi connectivity index (χ3n) is 7.85. The molecule has 15 heteroatoms. The van der Waals surface area contributed by atoms with Gasteiger partial charge in [-0.2, -0.15) is 4.39 Å². The molecule has 11 nitrogen and oxygen atoms in total. The second-order valence-electron chi connectivity index (χ2n) is 10.4. The van der Waals surface area contributed by atoms with Gasteiger partial charge in [0.15, 0.2) is 17.7 Å². The number of aliphatic hydroxyl groups excluding tert-OH is 3. The number of amides is 1. The van der Waals surface area contributed by atoms with Crippen molar-refractivity contribution in [3.05, 3.63) is 57.1 Å². The highest BCUT2D eigenvalue weighted by molar-refractivity contribution is 9.11. The van der Waals surface area contributed by atoms with Crippen molar-refractivity contribution in [2.45, 2.75) is 61.9 Å². The van der Waals surface area contributed by atoms with E-state index in [1.165, 1.54) is 36.1 Å². The Hall–Kier alpha value is -2.53. The Balaban J connectivity index is 1.54. The number of hydrogen-bond donors (Lipinski definition) is 3. The third kappa shape index (κ3) is 6.21. The number of hydrogen-bond acceptors (Lipinski definition) is 9. The number of aromatic nitrogens is 3. The Morgan fingerprint density at radius 2 is 1.86 bits per heavy atom. The molecule has 0 bridgehead atoms. The first-order valence-electron chi connectivity index (χ1n) is 13.5. The molecule has 2 aliphatic rings. The number of halogens is 4. The summed E-state index contributed by atoms with van der Waals surface area (Å²) < 4.78 is 47.5. The van der Waals surface area contributed by atoms with E-state index in [1.54, 1.807) is 12.1 Å².